The zero-order chi connectivity index (χ0) is 11.0. The normalized spacial score (nSPS) is 13.9. The number of amides is 1. The van der Waals surface area contributed by atoms with Crippen LogP contribution in [0.4, 0.5) is 4.79 Å². The van der Waals surface area contributed by atoms with Crippen LogP contribution in [0.1, 0.15) is 0 Å². The van der Waals surface area contributed by atoms with E-state index >= 15 is 0 Å². The zero-order valence-electron chi connectivity index (χ0n) is 7.10. The van der Waals surface area contributed by atoms with Crippen LogP contribution in [0, 0.1) is 0 Å². The SMILES string of the molecule is O=C(O)/C=C/C(=O)O.O=C1NCCO1. The highest BCUT2D eigenvalue weighted by atomic mass is 16.6. The minimum absolute atomic E-state index is 0.296. The molecule has 7 nitrogen and oxygen atoms in total. The van der Waals surface area contributed by atoms with Crippen molar-refractivity contribution in [3.63, 3.8) is 0 Å². The molecule has 0 spiro atoms. The van der Waals surface area contributed by atoms with Gasteiger partial charge in [-0.2, -0.15) is 0 Å². The molecule has 0 aromatic heterocycles. The Labute approximate surface area is 79.0 Å². The van der Waals surface area contributed by atoms with E-state index in [9.17, 15) is 14.4 Å². The van der Waals surface area contributed by atoms with Gasteiger partial charge < -0.3 is 20.3 Å². The fraction of sp³-hybridized carbons (Fsp3) is 0.286. The predicted octanol–water partition coefficient (Wildman–Crippen LogP) is -0.562. The second-order valence-corrected chi connectivity index (χ2v) is 2.07. The first-order chi connectivity index (χ1) is 6.52. The number of cyclic esters (lactones) is 1. The lowest BCUT2D eigenvalue weighted by Gasteiger charge is -1.80. The fourth-order valence-electron chi connectivity index (χ4n) is 0.490. The zero-order valence-corrected chi connectivity index (χ0v) is 7.10. The number of hydrogen-bond acceptors (Lipinski definition) is 4. The van der Waals surface area contributed by atoms with E-state index in [1.54, 1.807) is 0 Å². The summed E-state index contributed by atoms with van der Waals surface area (Å²) in [6, 6.07) is 0. The highest BCUT2D eigenvalue weighted by Gasteiger charge is 2.06. The third-order valence-corrected chi connectivity index (χ3v) is 0.973. The Kier molecular flexibility index (Phi) is 5.52. The Morgan fingerprint density at radius 1 is 1.29 bits per heavy atom. The number of hydrogen-bond donors (Lipinski definition) is 3. The smallest absolute Gasteiger partial charge is 0.407 e. The first-order valence-electron chi connectivity index (χ1n) is 3.57. The van der Waals surface area contributed by atoms with E-state index in [-0.39, 0.29) is 6.09 Å². The minimum Gasteiger partial charge on any atom is -0.478 e. The third-order valence-electron chi connectivity index (χ3n) is 0.973. The molecule has 1 aliphatic rings. The average molecular weight is 203 g/mol. The first kappa shape index (κ1) is 11.9. The average Bonchev–Trinajstić information content (AvgIpc) is 2.53. The van der Waals surface area contributed by atoms with Crippen LogP contribution in [0.25, 0.3) is 0 Å². The maximum Gasteiger partial charge on any atom is 0.407 e. The molecule has 14 heavy (non-hydrogen) atoms. The first-order valence-corrected chi connectivity index (χ1v) is 3.57. The number of rotatable bonds is 2. The summed E-state index contributed by atoms with van der Waals surface area (Å²) in [6.07, 6.45) is 0.819. The van der Waals surface area contributed by atoms with Crippen molar-refractivity contribution in [3.8, 4) is 0 Å². The van der Waals surface area contributed by atoms with Crippen molar-refractivity contribution in [3.05, 3.63) is 12.2 Å². The molecule has 1 aliphatic heterocycles. The molecule has 0 saturated carbocycles. The second-order valence-electron chi connectivity index (χ2n) is 2.07. The highest BCUT2D eigenvalue weighted by Crippen LogP contribution is 1.82. The Balaban J connectivity index is 0.000000249. The van der Waals surface area contributed by atoms with Gasteiger partial charge in [-0.3, -0.25) is 0 Å². The van der Waals surface area contributed by atoms with Gasteiger partial charge in [0.1, 0.15) is 6.61 Å². The van der Waals surface area contributed by atoms with E-state index in [1.165, 1.54) is 0 Å². The molecule has 0 aromatic rings. The van der Waals surface area contributed by atoms with Crippen molar-refractivity contribution in [2.45, 2.75) is 0 Å². The summed E-state index contributed by atoms with van der Waals surface area (Å²) in [5, 5.41) is 18.1. The number of carboxylic acids is 2. The van der Waals surface area contributed by atoms with Gasteiger partial charge >= 0.3 is 18.0 Å². The van der Waals surface area contributed by atoms with Crippen LogP contribution in [0.15, 0.2) is 12.2 Å². The van der Waals surface area contributed by atoms with Crippen molar-refractivity contribution in [2.75, 3.05) is 13.2 Å². The molecule has 1 heterocycles. The van der Waals surface area contributed by atoms with E-state index in [0.29, 0.717) is 25.3 Å². The number of carbonyl (C=O) groups excluding carboxylic acids is 1. The molecule has 0 radical (unpaired) electrons. The van der Waals surface area contributed by atoms with Gasteiger partial charge in [0.15, 0.2) is 0 Å². The maximum atomic E-state index is 9.91. The number of nitrogens with one attached hydrogen (secondary N) is 1. The van der Waals surface area contributed by atoms with Crippen LogP contribution in [0.5, 0.6) is 0 Å². The predicted molar refractivity (Wildman–Crippen MR) is 43.8 cm³/mol. The van der Waals surface area contributed by atoms with Crippen LogP contribution < -0.4 is 5.32 Å². The van der Waals surface area contributed by atoms with Crippen LogP contribution >= 0.6 is 0 Å². The molecular weight excluding hydrogens is 194 g/mol. The summed E-state index contributed by atoms with van der Waals surface area (Å²) >= 11 is 0. The maximum absolute atomic E-state index is 9.91. The Hall–Kier alpha value is -2.05. The monoisotopic (exact) mass is 203 g/mol. The standard InChI is InChI=1S/C4H4O4.C3H5NO2/c5-3(6)1-2-4(7)8;5-3-4-1-2-6-3/h1-2H,(H,5,6)(H,7,8);1-2H2,(H,4,5)/b2-1+;. The van der Waals surface area contributed by atoms with Gasteiger partial charge in [0.05, 0.1) is 6.54 Å². The van der Waals surface area contributed by atoms with Gasteiger partial charge in [-0.1, -0.05) is 0 Å². The molecule has 0 atom stereocenters. The van der Waals surface area contributed by atoms with Crippen molar-refractivity contribution >= 4 is 18.0 Å². The summed E-state index contributed by atoms with van der Waals surface area (Å²) in [4.78, 5) is 29.0. The molecule has 1 rings (SSSR count). The number of aliphatic carboxylic acids is 2. The molecule has 1 saturated heterocycles. The number of ether oxygens (including phenoxy) is 1. The van der Waals surface area contributed by atoms with E-state index in [2.05, 4.69) is 10.1 Å². The van der Waals surface area contributed by atoms with E-state index in [4.69, 9.17) is 10.2 Å². The van der Waals surface area contributed by atoms with E-state index in [0.717, 1.165) is 0 Å². The van der Waals surface area contributed by atoms with Crippen LogP contribution in [-0.4, -0.2) is 41.4 Å². The highest BCUT2D eigenvalue weighted by molar-refractivity contribution is 5.89. The molecule has 0 bridgehead atoms. The van der Waals surface area contributed by atoms with Crippen molar-refractivity contribution in [2.24, 2.45) is 0 Å². The van der Waals surface area contributed by atoms with Crippen molar-refractivity contribution < 1.29 is 29.3 Å². The minimum atomic E-state index is -1.26. The van der Waals surface area contributed by atoms with Crippen molar-refractivity contribution in [1.29, 1.82) is 0 Å². The molecule has 0 aliphatic carbocycles. The van der Waals surface area contributed by atoms with Crippen LogP contribution in [-0.2, 0) is 14.3 Å². The molecule has 3 N–H and O–H groups in total. The lowest BCUT2D eigenvalue weighted by Crippen LogP contribution is -2.11. The van der Waals surface area contributed by atoms with Crippen LogP contribution in [0.3, 0.4) is 0 Å². The molecule has 0 aromatic carbocycles. The lowest BCUT2D eigenvalue weighted by atomic mass is 10.5. The van der Waals surface area contributed by atoms with Gasteiger partial charge in [-0.15, -0.1) is 0 Å². The van der Waals surface area contributed by atoms with Gasteiger partial charge in [0.25, 0.3) is 0 Å². The van der Waals surface area contributed by atoms with Crippen LogP contribution in [0.2, 0.25) is 0 Å². The molecular formula is C7H9NO6. The van der Waals surface area contributed by atoms with E-state index in [1.807, 2.05) is 0 Å². The summed E-state index contributed by atoms with van der Waals surface area (Å²) in [7, 11) is 0. The molecule has 7 heteroatoms. The van der Waals surface area contributed by atoms with Crippen molar-refractivity contribution in [1.82, 2.24) is 5.32 Å². The number of alkyl carbamates (subject to hydrolysis) is 1. The van der Waals surface area contributed by atoms with Gasteiger partial charge in [-0.25, -0.2) is 14.4 Å². The van der Waals surface area contributed by atoms with Gasteiger partial charge in [-0.05, 0) is 0 Å². The number of carboxylic acid groups (broad SMARTS) is 2. The lowest BCUT2D eigenvalue weighted by molar-refractivity contribution is -0.134. The van der Waals surface area contributed by atoms with Gasteiger partial charge in [0.2, 0.25) is 0 Å². The largest absolute Gasteiger partial charge is 0.478 e. The molecule has 78 valence electrons. The fourth-order valence-corrected chi connectivity index (χ4v) is 0.490. The quantitative estimate of drug-likeness (QED) is 0.518. The molecule has 0 unspecified atom stereocenters. The van der Waals surface area contributed by atoms with Gasteiger partial charge in [0, 0.05) is 12.2 Å². The Bertz CT molecular complexity index is 235. The summed E-state index contributed by atoms with van der Waals surface area (Å²) in [5.74, 6) is -2.51. The molecule has 1 amide bonds. The number of carbonyl (C=O) groups is 3. The Morgan fingerprint density at radius 2 is 1.79 bits per heavy atom. The topological polar surface area (TPSA) is 113 Å². The summed E-state index contributed by atoms with van der Waals surface area (Å²) in [6.45, 7) is 1.19. The summed E-state index contributed by atoms with van der Waals surface area (Å²) in [5.41, 5.74) is 0. The molecule has 1 fully saturated rings. The Morgan fingerprint density at radius 3 is 1.93 bits per heavy atom. The van der Waals surface area contributed by atoms with E-state index < -0.39 is 11.9 Å². The second kappa shape index (κ2) is 6.46. The third kappa shape index (κ3) is 8.05. The summed E-state index contributed by atoms with van der Waals surface area (Å²) < 4.78 is 4.40.